The summed E-state index contributed by atoms with van der Waals surface area (Å²) in [6.07, 6.45) is -0.374. The van der Waals surface area contributed by atoms with E-state index in [-0.39, 0.29) is 18.6 Å². The molecule has 0 aliphatic heterocycles. The van der Waals surface area contributed by atoms with Crippen LogP contribution >= 0.6 is 12.6 Å². The number of hydrogen-bond donors (Lipinski definition) is 4. The van der Waals surface area contributed by atoms with Crippen molar-refractivity contribution in [2.45, 2.75) is 24.9 Å². The highest BCUT2D eigenvalue weighted by atomic mass is 32.1. The largest absolute Gasteiger partial charge is 0.481 e. The third kappa shape index (κ3) is 5.69. The Balaban J connectivity index is 4.05. The van der Waals surface area contributed by atoms with Crippen molar-refractivity contribution in [1.29, 1.82) is 0 Å². The van der Waals surface area contributed by atoms with Crippen LogP contribution in [0.5, 0.6) is 0 Å². The van der Waals surface area contributed by atoms with Gasteiger partial charge in [-0.2, -0.15) is 12.6 Å². The molecule has 2 atom stereocenters. The Morgan fingerprint density at radius 3 is 2.12 bits per heavy atom. The lowest BCUT2D eigenvalue weighted by atomic mass is 10.2. The molecule has 0 fully saturated rings. The summed E-state index contributed by atoms with van der Waals surface area (Å²) in [4.78, 5) is 32.4. The van der Waals surface area contributed by atoms with Gasteiger partial charge in [0.2, 0.25) is 0 Å². The van der Waals surface area contributed by atoms with Gasteiger partial charge in [-0.25, -0.2) is 9.59 Å². The molecule has 0 radical (unpaired) electrons. The van der Waals surface area contributed by atoms with E-state index in [4.69, 9.17) is 16.6 Å². The molecule has 0 aromatic carbocycles. The third-order valence-corrected chi connectivity index (χ3v) is 2.07. The summed E-state index contributed by atoms with van der Waals surface area (Å²) < 4.78 is 4.33. The number of carboxylic acid groups (broad SMARTS) is 1. The van der Waals surface area contributed by atoms with Gasteiger partial charge in [0.15, 0.2) is 0 Å². The lowest BCUT2D eigenvalue weighted by Gasteiger charge is -2.11. The molecular weight excluding hydrogens is 236 g/mol. The van der Waals surface area contributed by atoms with Gasteiger partial charge < -0.3 is 21.3 Å². The molecule has 0 aliphatic carbocycles. The smallest absolute Gasteiger partial charge is 0.331 e. The standard InChI is InChI=1S/C8H14N2O5S/c9-4(1-2-6(11)12)7(13)15-8(14)5(10)3-16/h4-5,16H,1-3,9-10H2,(H,11,12). The van der Waals surface area contributed by atoms with E-state index in [2.05, 4.69) is 17.4 Å². The lowest BCUT2D eigenvalue weighted by Crippen LogP contribution is -2.40. The maximum absolute atomic E-state index is 11.1. The minimum absolute atomic E-state index is 0.0382. The first-order valence-electron chi connectivity index (χ1n) is 4.47. The maximum atomic E-state index is 11.1. The first-order valence-corrected chi connectivity index (χ1v) is 5.11. The summed E-state index contributed by atoms with van der Waals surface area (Å²) in [7, 11) is 0. The SMILES string of the molecule is NC(CS)C(=O)OC(=O)C(N)CCC(=O)O. The van der Waals surface area contributed by atoms with Gasteiger partial charge in [-0.3, -0.25) is 4.79 Å². The van der Waals surface area contributed by atoms with Crippen LogP contribution in [-0.4, -0.2) is 40.9 Å². The fourth-order valence-corrected chi connectivity index (χ4v) is 0.871. The zero-order chi connectivity index (χ0) is 12.7. The zero-order valence-electron chi connectivity index (χ0n) is 8.46. The molecule has 0 aromatic heterocycles. The molecule has 0 aromatic rings. The highest BCUT2D eigenvalue weighted by Gasteiger charge is 2.22. The number of ether oxygens (including phenoxy) is 1. The first-order chi connectivity index (χ1) is 7.38. The molecule has 0 saturated carbocycles. The third-order valence-electron chi connectivity index (χ3n) is 1.67. The fraction of sp³-hybridized carbons (Fsp3) is 0.625. The van der Waals surface area contributed by atoms with Crippen LogP contribution < -0.4 is 11.5 Å². The molecule has 0 rings (SSSR count). The van der Waals surface area contributed by atoms with E-state index in [1.165, 1.54) is 0 Å². The van der Waals surface area contributed by atoms with E-state index in [9.17, 15) is 14.4 Å². The van der Waals surface area contributed by atoms with Crippen molar-refractivity contribution in [2.75, 3.05) is 5.75 Å². The summed E-state index contributed by atoms with van der Waals surface area (Å²) in [5.74, 6) is -2.95. The Morgan fingerprint density at radius 1 is 1.19 bits per heavy atom. The van der Waals surface area contributed by atoms with Crippen LogP contribution in [0.15, 0.2) is 0 Å². The minimum Gasteiger partial charge on any atom is -0.481 e. The van der Waals surface area contributed by atoms with Gasteiger partial charge in [-0.15, -0.1) is 0 Å². The molecule has 0 saturated heterocycles. The van der Waals surface area contributed by atoms with Gasteiger partial charge in [0.25, 0.3) is 0 Å². The Labute approximate surface area is 97.5 Å². The topological polar surface area (TPSA) is 133 Å². The predicted molar refractivity (Wildman–Crippen MR) is 57.8 cm³/mol. The number of nitrogens with two attached hydrogens (primary N) is 2. The van der Waals surface area contributed by atoms with Crippen molar-refractivity contribution in [3.05, 3.63) is 0 Å². The summed E-state index contributed by atoms with van der Waals surface area (Å²) in [6.45, 7) is 0. The maximum Gasteiger partial charge on any atom is 0.331 e. The van der Waals surface area contributed by atoms with Crippen molar-refractivity contribution < 1.29 is 24.2 Å². The van der Waals surface area contributed by atoms with Gasteiger partial charge in [0.1, 0.15) is 12.1 Å². The van der Waals surface area contributed by atoms with Crippen molar-refractivity contribution >= 4 is 30.5 Å². The molecule has 7 nitrogen and oxygen atoms in total. The number of hydrogen-bond acceptors (Lipinski definition) is 7. The number of aliphatic carboxylic acids is 1. The molecule has 16 heavy (non-hydrogen) atoms. The number of carbonyl (C=O) groups is 3. The van der Waals surface area contributed by atoms with E-state index < -0.39 is 30.0 Å². The van der Waals surface area contributed by atoms with E-state index in [0.717, 1.165) is 0 Å². The number of carboxylic acids is 1. The van der Waals surface area contributed by atoms with Gasteiger partial charge >= 0.3 is 17.9 Å². The highest BCUT2D eigenvalue weighted by Crippen LogP contribution is 1.99. The number of esters is 2. The summed E-state index contributed by atoms with van der Waals surface area (Å²) in [5, 5.41) is 8.35. The van der Waals surface area contributed by atoms with Crippen LogP contribution in [0.25, 0.3) is 0 Å². The minimum atomic E-state index is -1.15. The lowest BCUT2D eigenvalue weighted by molar-refractivity contribution is -0.161. The number of thiol groups is 1. The normalized spacial score (nSPS) is 13.9. The average Bonchev–Trinajstić information content (AvgIpc) is 2.24. The first kappa shape index (κ1) is 14.9. The molecule has 0 bridgehead atoms. The van der Waals surface area contributed by atoms with Crippen molar-refractivity contribution in [3.63, 3.8) is 0 Å². The van der Waals surface area contributed by atoms with Crippen LogP contribution in [0, 0.1) is 0 Å². The molecule has 0 spiro atoms. The molecule has 8 heteroatoms. The Bertz CT molecular complexity index is 284. The Morgan fingerprint density at radius 2 is 1.69 bits per heavy atom. The van der Waals surface area contributed by atoms with Gasteiger partial charge in [0, 0.05) is 12.2 Å². The van der Waals surface area contributed by atoms with Gasteiger partial charge in [-0.05, 0) is 6.42 Å². The van der Waals surface area contributed by atoms with Crippen molar-refractivity contribution in [1.82, 2.24) is 0 Å². The molecular formula is C8H14N2O5S. The van der Waals surface area contributed by atoms with Crippen LogP contribution in [0.1, 0.15) is 12.8 Å². The second-order valence-corrected chi connectivity index (χ2v) is 3.43. The van der Waals surface area contributed by atoms with Gasteiger partial charge in [-0.1, -0.05) is 0 Å². The molecule has 0 amide bonds. The van der Waals surface area contributed by atoms with Crippen molar-refractivity contribution in [2.24, 2.45) is 11.5 Å². The zero-order valence-corrected chi connectivity index (χ0v) is 9.35. The second-order valence-electron chi connectivity index (χ2n) is 3.07. The summed E-state index contributed by atoms with van der Waals surface area (Å²) >= 11 is 3.75. The molecule has 2 unspecified atom stereocenters. The van der Waals surface area contributed by atoms with Crippen LogP contribution in [-0.2, 0) is 19.1 Å². The highest BCUT2D eigenvalue weighted by molar-refractivity contribution is 7.80. The molecule has 0 heterocycles. The van der Waals surface area contributed by atoms with E-state index in [1.807, 2.05) is 0 Å². The summed E-state index contributed by atoms with van der Waals surface area (Å²) in [6, 6.07) is -2.15. The monoisotopic (exact) mass is 250 g/mol. The van der Waals surface area contributed by atoms with E-state index in [1.54, 1.807) is 0 Å². The number of carbonyl (C=O) groups excluding carboxylic acids is 2. The van der Waals surface area contributed by atoms with Crippen LogP contribution in [0.2, 0.25) is 0 Å². The van der Waals surface area contributed by atoms with E-state index in [0.29, 0.717) is 0 Å². The van der Waals surface area contributed by atoms with Gasteiger partial charge in [0.05, 0.1) is 0 Å². The quantitative estimate of drug-likeness (QED) is 0.256. The van der Waals surface area contributed by atoms with E-state index >= 15 is 0 Å². The number of rotatable bonds is 6. The average molecular weight is 250 g/mol. The fourth-order valence-electron chi connectivity index (χ4n) is 0.722. The van der Waals surface area contributed by atoms with Crippen LogP contribution in [0.3, 0.4) is 0 Å². The van der Waals surface area contributed by atoms with Crippen molar-refractivity contribution in [3.8, 4) is 0 Å². The second kappa shape index (κ2) is 7.20. The summed E-state index contributed by atoms with van der Waals surface area (Å²) in [5.41, 5.74) is 10.6. The molecule has 5 N–H and O–H groups in total. The molecule has 92 valence electrons. The molecule has 0 aliphatic rings. The predicted octanol–water partition coefficient (Wildman–Crippen LogP) is -1.49. The Hall–Kier alpha value is -1.12. The van der Waals surface area contributed by atoms with Crippen LogP contribution in [0.4, 0.5) is 0 Å². The Kier molecular flexibility index (Phi) is 6.70.